The summed E-state index contributed by atoms with van der Waals surface area (Å²) in [6.45, 7) is 5.17. The van der Waals surface area contributed by atoms with Gasteiger partial charge in [0.25, 0.3) is 10.0 Å². The molecule has 0 spiro atoms. The molecule has 0 unspecified atom stereocenters. The first-order valence-electron chi connectivity index (χ1n) is 9.73. The molecule has 0 aliphatic carbocycles. The lowest BCUT2D eigenvalue weighted by Crippen LogP contribution is -2.41. The maximum atomic E-state index is 13.5. The maximum Gasteiger partial charge on any atom is 0.268 e. The number of rotatable bonds is 8. The number of benzene rings is 2. The minimum Gasteiger partial charge on any atom is -0.497 e. The van der Waals surface area contributed by atoms with Gasteiger partial charge in [0.1, 0.15) is 17.2 Å². The van der Waals surface area contributed by atoms with E-state index in [2.05, 4.69) is 15.5 Å². The zero-order valence-electron chi connectivity index (χ0n) is 18.0. The third-order valence-electron chi connectivity index (χ3n) is 4.87. The van der Waals surface area contributed by atoms with Crippen molar-refractivity contribution in [1.82, 2.24) is 15.5 Å². The van der Waals surface area contributed by atoms with E-state index in [1.54, 1.807) is 38.1 Å². The Morgan fingerprint density at radius 1 is 1.06 bits per heavy atom. The van der Waals surface area contributed by atoms with Crippen molar-refractivity contribution in [3.8, 4) is 5.75 Å². The molecule has 0 saturated carbocycles. The van der Waals surface area contributed by atoms with Crippen molar-refractivity contribution in [2.24, 2.45) is 0 Å². The van der Waals surface area contributed by atoms with Gasteiger partial charge in [-0.1, -0.05) is 29.8 Å². The number of carbonyl (C=O) groups excluding carboxylic acids is 1. The average Bonchev–Trinajstić information content (AvgIpc) is 3.10. The molecule has 0 saturated heterocycles. The fourth-order valence-electron chi connectivity index (χ4n) is 3.19. The number of anilines is 1. The number of ether oxygens (including phenoxy) is 1. The fraction of sp³-hybridized carbons (Fsp3) is 0.273. The summed E-state index contributed by atoms with van der Waals surface area (Å²) >= 11 is 0. The SMILES string of the molecule is COc1ccc(N(CC(=O)NCc2ccc(C)cc2)S(=O)(=O)c2c(C)n[nH]c2C)cc1. The molecular weight excluding hydrogens is 416 g/mol. The minimum absolute atomic E-state index is 0.0645. The van der Waals surface area contributed by atoms with Gasteiger partial charge in [0.2, 0.25) is 5.91 Å². The molecule has 0 fully saturated rings. The number of aromatic amines is 1. The van der Waals surface area contributed by atoms with Gasteiger partial charge in [-0.3, -0.25) is 14.2 Å². The van der Waals surface area contributed by atoms with E-state index in [1.807, 2.05) is 31.2 Å². The van der Waals surface area contributed by atoms with Gasteiger partial charge in [-0.05, 0) is 50.6 Å². The first-order valence-corrected chi connectivity index (χ1v) is 11.2. The van der Waals surface area contributed by atoms with Gasteiger partial charge in [-0.2, -0.15) is 5.10 Å². The highest BCUT2D eigenvalue weighted by Gasteiger charge is 2.31. The summed E-state index contributed by atoms with van der Waals surface area (Å²) in [7, 11) is -2.51. The Kier molecular flexibility index (Phi) is 6.65. The van der Waals surface area contributed by atoms with Crippen molar-refractivity contribution in [3.63, 3.8) is 0 Å². The second kappa shape index (κ2) is 9.22. The maximum absolute atomic E-state index is 13.5. The van der Waals surface area contributed by atoms with Gasteiger partial charge in [0.15, 0.2) is 0 Å². The molecule has 1 heterocycles. The van der Waals surface area contributed by atoms with Crippen molar-refractivity contribution in [2.45, 2.75) is 32.2 Å². The number of H-pyrrole nitrogens is 1. The Bertz CT molecular complexity index is 1130. The second-order valence-corrected chi connectivity index (χ2v) is 9.03. The van der Waals surface area contributed by atoms with Gasteiger partial charge in [-0.25, -0.2) is 8.42 Å². The Hall–Kier alpha value is -3.33. The molecule has 2 aromatic carbocycles. The Morgan fingerprint density at radius 3 is 2.26 bits per heavy atom. The summed E-state index contributed by atoms with van der Waals surface area (Å²) in [5, 5.41) is 9.49. The monoisotopic (exact) mass is 442 g/mol. The largest absolute Gasteiger partial charge is 0.497 e. The van der Waals surface area contributed by atoms with Crippen molar-refractivity contribution in [3.05, 3.63) is 71.0 Å². The van der Waals surface area contributed by atoms with Crippen LogP contribution in [0, 0.1) is 20.8 Å². The molecule has 1 aromatic heterocycles. The third kappa shape index (κ3) is 5.05. The van der Waals surface area contributed by atoms with Gasteiger partial charge in [-0.15, -0.1) is 0 Å². The van der Waals surface area contributed by atoms with Crippen molar-refractivity contribution in [1.29, 1.82) is 0 Å². The number of hydrogen-bond acceptors (Lipinski definition) is 5. The van der Waals surface area contributed by atoms with Gasteiger partial charge < -0.3 is 10.1 Å². The number of methoxy groups -OCH3 is 1. The normalized spacial score (nSPS) is 11.2. The van der Waals surface area contributed by atoms with E-state index in [0.717, 1.165) is 15.4 Å². The van der Waals surface area contributed by atoms with Crippen LogP contribution in [0.1, 0.15) is 22.5 Å². The smallest absolute Gasteiger partial charge is 0.268 e. The van der Waals surface area contributed by atoms with E-state index in [1.165, 1.54) is 7.11 Å². The van der Waals surface area contributed by atoms with Crippen LogP contribution in [0.4, 0.5) is 5.69 Å². The highest BCUT2D eigenvalue weighted by atomic mass is 32.2. The second-order valence-electron chi connectivity index (χ2n) is 7.24. The summed E-state index contributed by atoms with van der Waals surface area (Å²) in [6, 6.07) is 14.3. The molecule has 0 atom stereocenters. The summed E-state index contributed by atoms with van der Waals surface area (Å²) in [6.07, 6.45) is 0. The van der Waals surface area contributed by atoms with Gasteiger partial charge in [0.05, 0.1) is 24.2 Å². The van der Waals surface area contributed by atoms with Crippen molar-refractivity contribution in [2.75, 3.05) is 18.0 Å². The van der Waals surface area contributed by atoms with Crippen LogP contribution in [0.15, 0.2) is 53.4 Å². The number of carbonyl (C=O) groups is 1. The fourth-order valence-corrected chi connectivity index (χ4v) is 4.95. The van der Waals surface area contributed by atoms with Gasteiger partial charge >= 0.3 is 0 Å². The molecule has 0 bridgehead atoms. The van der Waals surface area contributed by atoms with Crippen LogP contribution in [-0.2, 0) is 21.4 Å². The molecule has 3 rings (SSSR count). The lowest BCUT2D eigenvalue weighted by atomic mass is 10.1. The van der Waals surface area contributed by atoms with E-state index in [9.17, 15) is 13.2 Å². The highest BCUT2D eigenvalue weighted by molar-refractivity contribution is 7.93. The first-order chi connectivity index (χ1) is 14.7. The molecule has 1 amide bonds. The average molecular weight is 443 g/mol. The zero-order chi connectivity index (χ0) is 22.6. The number of sulfonamides is 1. The number of aryl methyl sites for hydroxylation is 3. The van der Waals surface area contributed by atoms with E-state index in [-0.39, 0.29) is 11.4 Å². The van der Waals surface area contributed by atoms with Gasteiger partial charge in [0, 0.05) is 6.54 Å². The third-order valence-corrected chi connectivity index (χ3v) is 6.90. The van der Waals surface area contributed by atoms with E-state index in [0.29, 0.717) is 29.4 Å². The predicted molar refractivity (Wildman–Crippen MR) is 119 cm³/mol. The Balaban J connectivity index is 1.88. The topological polar surface area (TPSA) is 104 Å². The minimum atomic E-state index is -4.04. The number of amides is 1. The standard InChI is InChI=1S/C22H26N4O4S/c1-15-5-7-18(8-6-15)13-23-21(27)14-26(19-9-11-20(30-4)12-10-19)31(28,29)22-16(2)24-25-17(22)3/h5-12H,13-14H2,1-4H3,(H,23,27)(H,24,25). The number of hydrogen-bond donors (Lipinski definition) is 2. The highest BCUT2D eigenvalue weighted by Crippen LogP contribution is 2.28. The van der Waals surface area contributed by atoms with E-state index in [4.69, 9.17) is 4.74 Å². The van der Waals surface area contributed by atoms with Crippen LogP contribution >= 0.6 is 0 Å². The molecule has 31 heavy (non-hydrogen) atoms. The van der Waals surface area contributed by atoms with Crippen molar-refractivity contribution >= 4 is 21.6 Å². The summed E-state index contributed by atoms with van der Waals surface area (Å²) in [5.41, 5.74) is 3.16. The molecule has 9 heteroatoms. The number of aromatic nitrogens is 2. The molecular formula is C22H26N4O4S. The Labute approximate surface area is 182 Å². The van der Waals surface area contributed by atoms with Crippen LogP contribution in [0.5, 0.6) is 5.75 Å². The lowest BCUT2D eigenvalue weighted by molar-refractivity contribution is -0.119. The summed E-state index contributed by atoms with van der Waals surface area (Å²) in [5.74, 6) is 0.166. The van der Waals surface area contributed by atoms with Crippen LogP contribution in [0.25, 0.3) is 0 Å². The molecule has 0 aliphatic rings. The first kappa shape index (κ1) is 22.4. The summed E-state index contributed by atoms with van der Waals surface area (Å²) < 4.78 is 33.2. The molecule has 2 N–H and O–H groups in total. The summed E-state index contributed by atoms with van der Waals surface area (Å²) in [4.78, 5) is 12.8. The van der Waals surface area contributed by atoms with Crippen LogP contribution in [0.2, 0.25) is 0 Å². The van der Waals surface area contributed by atoms with Crippen molar-refractivity contribution < 1.29 is 17.9 Å². The van der Waals surface area contributed by atoms with E-state index >= 15 is 0 Å². The van der Waals surface area contributed by atoms with Crippen LogP contribution in [-0.4, -0.2) is 38.2 Å². The quantitative estimate of drug-likeness (QED) is 0.558. The zero-order valence-corrected chi connectivity index (χ0v) is 18.8. The predicted octanol–water partition coefficient (Wildman–Crippen LogP) is 2.86. The van der Waals surface area contributed by atoms with Crippen LogP contribution in [0.3, 0.4) is 0 Å². The number of nitrogens with zero attached hydrogens (tertiary/aromatic N) is 2. The number of nitrogens with one attached hydrogen (secondary N) is 2. The molecule has 3 aromatic rings. The van der Waals surface area contributed by atoms with Crippen LogP contribution < -0.4 is 14.4 Å². The van der Waals surface area contributed by atoms with E-state index < -0.39 is 15.9 Å². The Morgan fingerprint density at radius 2 is 1.71 bits per heavy atom. The molecule has 0 radical (unpaired) electrons. The molecule has 8 nitrogen and oxygen atoms in total. The lowest BCUT2D eigenvalue weighted by Gasteiger charge is -2.24. The molecule has 0 aliphatic heterocycles. The molecule has 164 valence electrons.